The predicted molar refractivity (Wildman–Crippen MR) is 109 cm³/mol. The highest BCUT2D eigenvalue weighted by atomic mass is 19.4. The zero-order chi connectivity index (χ0) is 26.4. The zero-order valence-electron chi connectivity index (χ0n) is 19.2. The van der Waals surface area contributed by atoms with Crippen LogP contribution in [0.1, 0.15) is 40.0 Å². The Morgan fingerprint density at radius 3 is 2.24 bits per heavy atom. The van der Waals surface area contributed by atoms with E-state index in [1.165, 1.54) is 14.0 Å². The van der Waals surface area contributed by atoms with E-state index in [4.69, 9.17) is 25.1 Å². The van der Waals surface area contributed by atoms with Crippen molar-refractivity contribution in [2.24, 2.45) is 23.5 Å². The fourth-order valence-electron chi connectivity index (χ4n) is 3.24. The first-order valence-corrected chi connectivity index (χ1v) is 10.6. The minimum atomic E-state index is -5.08. The summed E-state index contributed by atoms with van der Waals surface area (Å²) in [4.78, 5) is 56.5. The van der Waals surface area contributed by atoms with Gasteiger partial charge in [0.15, 0.2) is 6.10 Å². The number of carboxylic acids is 1. The van der Waals surface area contributed by atoms with Crippen LogP contribution in [0.15, 0.2) is 0 Å². The maximum atomic E-state index is 12.4. The molecule has 2 rings (SSSR count). The molecule has 5 N–H and O–H groups in total. The van der Waals surface area contributed by atoms with Crippen LogP contribution in [-0.2, 0) is 33.4 Å². The molecule has 11 nitrogen and oxygen atoms in total. The molecule has 14 heteroatoms. The number of ether oxygens (including phenoxy) is 2. The fourth-order valence-corrected chi connectivity index (χ4v) is 3.24. The number of nitrogens with two attached hydrogens (primary N) is 1. The van der Waals surface area contributed by atoms with Gasteiger partial charge in [-0.25, -0.2) is 9.59 Å². The van der Waals surface area contributed by atoms with Crippen molar-refractivity contribution in [2.75, 3.05) is 7.11 Å². The van der Waals surface area contributed by atoms with Crippen LogP contribution < -0.4 is 16.4 Å². The SMILES string of the molecule is CCC(C)C1C(=O)OC1C(=O)NC1CC1CC(NC(=O)C(C)N)C(=O)OC.O=C(O)C(F)(F)F. The molecule has 0 spiro atoms. The van der Waals surface area contributed by atoms with Crippen molar-refractivity contribution in [1.29, 1.82) is 0 Å². The second-order valence-electron chi connectivity index (χ2n) is 8.29. The summed E-state index contributed by atoms with van der Waals surface area (Å²) in [5.41, 5.74) is 5.52. The first kappa shape index (κ1) is 29.1. The largest absolute Gasteiger partial charge is 0.490 e. The first-order valence-electron chi connectivity index (χ1n) is 10.6. The molecule has 1 aliphatic carbocycles. The second kappa shape index (κ2) is 12.0. The summed E-state index contributed by atoms with van der Waals surface area (Å²) in [5.74, 6) is -4.68. The number of carbonyl (C=O) groups is 5. The number of rotatable bonds is 9. The van der Waals surface area contributed by atoms with Crippen molar-refractivity contribution >= 4 is 29.7 Å². The normalized spacial score (nSPS) is 25.7. The number of carboxylic acid groups (broad SMARTS) is 1. The third-order valence-electron chi connectivity index (χ3n) is 5.60. The summed E-state index contributed by atoms with van der Waals surface area (Å²) in [6, 6.07) is -1.67. The maximum Gasteiger partial charge on any atom is 0.490 e. The Morgan fingerprint density at radius 2 is 1.82 bits per heavy atom. The Morgan fingerprint density at radius 1 is 1.26 bits per heavy atom. The number of amides is 2. The van der Waals surface area contributed by atoms with E-state index in [1.807, 2.05) is 13.8 Å². The lowest BCUT2D eigenvalue weighted by atomic mass is 9.83. The highest BCUT2D eigenvalue weighted by Gasteiger charge is 2.51. The number of hydrogen-bond acceptors (Lipinski definition) is 8. The molecular formula is C20H30F3N3O8. The lowest BCUT2D eigenvalue weighted by Crippen LogP contribution is -2.56. The van der Waals surface area contributed by atoms with Crippen LogP contribution in [0, 0.1) is 17.8 Å². The molecule has 1 saturated carbocycles. The molecule has 34 heavy (non-hydrogen) atoms. The van der Waals surface area contributed by atoms with E-state index in [1.54, 1.807) is 0 Å². The number of carbonyl (C=O) groups excluding carboxylic acids is 4. The summed E-state index contributed by atoms with van der Waals surface area (Å²) in [6.45, 7) is 5.41. The van der Waals surface area contributed by atoms with E-state index in [0.717, 1.165) is 6.42 Å². The smallest absolute Gasteiger partial charge is 0.475 e. The molecule has 0 aromatic rings. The van der Waals surface area contributed by atoms with Gasteiger partial charge in [0.25, 0.3) is 5.91 Å². The minimum Gasteiger partial charge on any atom is -0.475 e. The summed E-state index contributed by atoms with van der Waals surface area (Å²) >= 11 is 0. The lowest BCUT2D eigenvalue weighted by Gasteiger charge is -2.37. The van der Waals surface area contributed by atoms with Crippen molar-refractivity contribution in [3.05, 3.63) is 0 Å². The van der Waals surface area contributed by atoms with Gasteiger partial charge in [-0.2, -0.15) is 13.2 Å². The van der Waals surface area contributed by atoms with Crippen molar-refractivity contribution in [3.8, 4) is 0 Å². The van der Waals surface area contributed by atoms with Crippen molar-refractivity contribution in [2.45, 2.75) is 70.4 Å². The monoisotopic (exact) mass is 497 g/mol. The molecule has 2 fully saturated rings. The quantitative estimate of drug-likeness (QED) is 0.322. The fraction of sp³-hybridized carbons (Fsp3) is 0.750. The Kier molecular flexibility index (Phi) is 10.3. The van der Waals surface area contributed by atoms with Crippen LogP contribution in [0.4, 0.5) is 13.2 Å². The van der Waals surface area contributed by atoms with Crippen LogP contribution >= 0.6 is 0 Å². The number of alkyl halides is 3. The van der Waals surface area contributed by atoms with E-state index in [2.05, 4.69) is 10.6 Å². The molecule has 2 aliphatic rings. The van der Waals surface area contributed by atoms with Gasteiger partial charge in [0.1, 0.15) is 12.0 Å². The highest BCUT2D eigenvalue weighted by molar-refractivity contribution is 5.94. The van der Waals surface area contributed by atoms with E-state index >= 15 is 0 Å². The summed E-state index contributed by atoms with van der Waals surface area (Å²) in [5, 5.41) is 12.6. The molecule has 7 atom stereocenters. The molecule has 194 valence electrons. The van der Waals surface area contributed by atoms with Crippen molar-refractivity contribution < 1.29 is 51.7 Å². The molecule has 7 unspecified atom stereocenters. The van der Waals surface area contributed by atoms with Crippen molar-refractivity contribution in [1.82, 2.24) is 10.6 Å². The Bertz CT molecular complexity index is 790. The molecule has 0 bridgehead atoms. The van der Waals surface area contributed by atoms with Gasteiger partial charge in [-0.15, -0.1) is 0 Å². The van der Waals surface area contributed by atoms with Gasteiger partial charge in [-0.05, 0) is 31.6 Å². The third-order valence-corrected chi connectivity index (χ3v) is 5.60. The highest BCUT2D eigenvalue weighted by Crippen LogP contribution is 2.37. The molecule has 1 heterocycles. The molecule has 2 amide bonds. The Balaban J connectivity index is 0.000000718. The Hall–Kier alpha value is -2.90. The van der Waals surface area contributed by atoms with Crippen LogP contribution in [0.5, 0.6) is 0 Å². The van der Waals surface area contributed by atoms with Crippen molar-refractivity contribution in [3.63, 3.8) is 0 Å². The number of nitrogens with one attached hydrogen (secondary N) is 2. The van der Waals surface area contributed by atoms with Gasteiger partial charge in [0.05, 0.1) is 13.2 Å². The lowest BCUT2D eigenvalue weighted by molar-refractivity contribution is -0.193. The summed E-state index contributed by atoms with van der Waals surface area (Å²) in [7, 11) is 1.25. The number of methoxy groups -OCH3 is 1. The number of hydrogen-bond donors (Lipinski definition) is 4. The molecule has 0 aromatic carbocycles. The molecule has 0 aromatic heterocycles. The standard InChI is InChI=1S/C18H29N3O6.C2HF3O2/c1-5-8(2)13-14(27-18(13)25)16(23)20-11-6-10(11)7-12(17(24)26-4)21-15(22)9(3)19;3-2(4,5)1(6)7/h8-14H,5-7,19H2,1-4H3,(H,20,23)(H,21,22);(H,6,7). The van der Waals surface area contributed by atoms with Gasteiger partial charge in [-0.3, -0.25) is 14.4 Å². The van der Waals surface area contributed by atoms with Crippen LogP contribution in [-0.4, -0.2) is 72.3 Å². The maximum absolute atomic E-state index is 12.4. The van der Waals surface area contributed by atoms with E-state index in [9.17, 15) is 32.3 Å². The summed E-state index contributed by atoms with van der Waals surface area (Å²) in [6.07, 6.45) is -4.02. The average molecular weight is 497 g/mol. The topological polar surface area (TPSA) is 174 Å². The second-order valence-corrected chi connectivity index (χ2v) is 8.29. The Labute approximate surface area is 193 Å². The number of esters is 2. The van der Waals surface area contributed by atoms with Gasteiger partial charge in [0.2, 0.25) is 5.91 Å². The van der Waals surface area contributed by atoms with Crippen LogP contribution in [0.2, 0.25) is 0 Å². The molecule has 1 aliphatic heterocycles. The van der Waals surface area contributed by atoms with Gasteiger partial charge >= 0.3 is 24.1 Å². The number of halogens is 3. The average Bonchev–Trinajstić information content (AvgIpc) is 3.46. The van der Waals surface area contributed by atoms with Gasteiger partial charge in [0, 0.05) is 6.04 Å². The minimum absolute atomic E-state index is 0.0317. The summed E-state index contributed by atoms with van der Waals surface area (Å²) < 4.78 is 41.5. The molecular weight excluding hydrogens is 467 g/mol. The van der Waals surface area contributed by atoms with E-state index in [-0.39, 0.29) is 29.8 Å². The number of aliphatic carboxylic acids is 1. The van der Waals surface area contributed by atoms with E-state index in [0.29, 0.717) is 12.8 Å². The predicted octanol–water partition coefficient (Wildman–Crippen LogP) is 0.107. The third kappa shape index (κ3) is 8.15. The first-order chi connectivity index (χ1) is 15.6. The van der Waals surface area contributed by atoms with Crippen LogP contribution in [0.3, 0.4) is 0 Å². The number of cyclic esters (lactones) is 1. The van der Waals surface area contributed by atoms with E-state index < -0.39 is 48.1 Å². The molecule has 1 saturated heterocycles. The van der Waals surface area contributed by atoms with Gasteiger partial charge < -0.3 is 30.9 Å². The zero-order valence-corrected chi connectivity index (χ0v) is 19.2. The molecule has 0 radical (unpaired) electrons. The van der Waals surface area contributed by atoms with Gasteiger partial charge in [-0.1, -0.05) is 20.3 Å². The van der Waals surface area contributed by atoms with Crippen LogP contribution in [0.25, 0.3) is 0 Å².